The lowest BCUT2D eigenvalue weighted by Crippen LogP contribution is -2.67. The van der Waals surface area contributed by atoms with E-state index >= 15 is 0 Å². The maximum Gasteiger partial charge on any atom is 0.408 e. The van der Waals surface area contributed by atoms with Gasteiger partial charge in [0.05, 0.1) is 12.1 Å². The van der Waals surface area contributed by atoms with E-state index in [1.165, 1.54) is 10.4 Å². The number of amides is 1. The van der Waals surface area contributed by atoms with E-state index in [0.717, 1.165) is 0 Å². The van der Waals surface area contributed by atoms with Gasteiger partial charge in [0.2, 0.25) is 0 Å². The number of ether oxygens (including phenoxy) is 1. The molecular weight excluding hydrogens is 402 g/mol. The SMILES string of the molecule is CC(C)(C)OC(=O)N[C@H]1C=C[C@@H](O[Si](c2ccccc2)(c2ccccc2)C(C)(C)C)C1. The molecule has 5 heteroatoms. The Labute approximate surface area is 187 Å². The van der Waals surface area contributed by atoms with Gasteiger partial charge in [0.1, 0.15) is 5.60 Å². The lowest BCUT2D eigenvalue weighted by atomic mass is 10.2. The number of nitrogens with one attached hydrogen (secondary N) is 1. The number of benzene rings is 2. The number of alkyl carbamates (subject to hydrolysis) is 1. The van der Waals surface area contributed by atoms with Gasteiger partial charge in [-0.15, -0.1) is 0 Å². The third-order valence-electron chi connectivity index (χ3n) is 5.49. The van der Waals surface area contributed by atoms with E-state index in [1.54, 1.807) is 0 Å². The van der Waals surface area contributed by atoms with Gasteiger partial charge in [-0.05, 0) is 42.6 Å². The molecule has 0 saturated heterocycles. The summed E-state index contributed by atoms with van der Waals surface area (Å²) < 4.78 is 12.5. The van der Waals surface area contributed by atoms with Gasteiger partial charge in [-0.25, -0.2) is 4.79 Å². The van der Waals surface area contributed by atoms with Crippen LogP contribution in [-0.2, 0) is 9.16 Å². The Kier molecular flexibility index (Phi) is 6.77. The molecule has 0 unspecified atom stereocenters. The molecule has 166 valence electrons. The maximum atomic E-state index is 12.2. The number of carbonyl (C=O) groups is 1. The van der Waals surface area contributed by atoms with Crippen LogP contribution in [0.1, 0.15) is 48.0 Å². The molecule has 0 radical (unpaired) electrons. The normalized spacial score (nSPS) is 19.3. The van der Waals surface area contributed by atoms with Gasteiger partial charge in [0, 0.05) is 0 Å². The van der Waals surface area contributed by atoms with Gasteiger partial charge in [-0.3, -0.25) is 0 Å². The molecule has 0 fully saturated rings. The molecule has 3 rings (SSSR count). The Bertz CT molecular complexity index is 858. The number of hydrogen-bond acceptors (Lipinski definition) is 3. The van der Waals surface area contributed by atoms with Crippen LogP contribution in [0.15, 0.2) is 72.8 Å². The van der Waals surface area contributed by atoms with Gasteiger partial charge in [0.25, 0.3) is 8.32 Å². The minimum absolute atomic E-state index is 0.0776. The Morgan fingerprint density at radius 1 is 0.871 bits per heavy atom. The first-order chi connectivity index (χ1) is 14.5. The summed E-state index contributed by atoms with van der Waals surface area (Å²) in [5.74, 6) is 0. The van der Waals surface area contributed by atoms with E-state index in [-0.39, 0.29) is 17.2 Å². The van der Waals surface area contributed by atoms with Crippen LogP contribution in [0.3, 0.4) is 0 Å². The molecule has 2 aromatic carbocycles. The average molecular weight is 438 g/mol. The van der Waals surface area contributed by atoms with Crippen LogP contribution >= 0.6 is 0 Å². The van der Waals surface area contributed by atoms with Gasteiger partial charge < -0.3 is 14.5 Å². The number of rotatable bonds is 5. The van der Waals surface area contributed by atoms with E-state index in [9.17, 15) is 4.79 Å². The summed E-state index contributed by atoms with van der Waals surface area (Å²) in [5, 5.41) is 5.38. The maximum absolute atomic E-state index is 12.2. The zero-order chi connectivity index (χ0) is 22.7. The average Bonchev–Trinajstić information content (AvgIpc) is 3.11. The summed E-state index contributed by atoms with van der Waals surface area (Å²) in [5.41, 5.74) is -0.517. The highest BCUT2D eigenvalue weighted by Crippen LogP contribution is 2.38. The van der Waals surface area contributed by atoms with E-state index in [4.69, 9.17) is 9.16 Å². The third-order valence-corrected chi connectivity index (χ3v) is 10.6. The highest BCUT2D eigenvalue weighted by molar-refractivity contribution is 6.99. The van der Waals surface area contributed by atoms with E-state index < -0.39 is 20.0 Å². The quantitative estimate of drug-likeness (QED) is 0.541. The first-order valence-electron chi connectivity index (χ1n) is 11.0. The summed E-state index contributed by atoms with van der Waals surface area (Å²) in [4.78, 5) is 12.2. The van der Waals surface area contributed by atoms with Crippen molar-refractivity contribution in [2.45, 2.75) is 70.7 Å². The molecule has 2 aromatic rings. The minimum Gasteiger partial charge on any atom is -0.444 e. The van der Waals surface area contributed by atoms with Crippen LogP contribution < -0.4 is 15.7 Å². The van der Waals surface area contributed by atoms with E-state index in [2.05, 4.69) is 80.7 Å². The molecular formula is C26H35NO3Si. The molecule has 0 bridgehead atoms. The second-order valence-corrected chi connectivity index (χ2v) is 14.4. The first-order valence-corrected chi connectivity index (χ1v) is 12.9. The molecule has 2 atom stereocenters. The van der Waals surface area contributed by atoms with Crippen molar-refractivity contribution < 1.29 is 14.0 Å². The largest absolute Gasteiger partial charge is 0.444 e. The van der Waals surface area contributed by atoms with Crippen molar-refractivity contribution in [3.8, 4) is 0 Å². The molecule has 0 aliphatic heterocycles. The van der Waals surface area contributed by atoms with Crippen LogP contribution in [0.4, 0.5) is 4.79 Å². The second kappa shape index (κ2) is 9.01. The van der Waals surface area contributed by atoms with Crippen LogP contribution in [0.25, 0.3) is 0 Å². The lowest BCUT2D eigenvalue weighted by Gasteiger charge is -2.44. The van der Waals surface area contributed by atoms with Crippen molar-refractivity contribution in [3.63, 3.8) is 0 Å². The summed E-state index contributed by atoms with van der Waals surface area (Å²) in [6.45, 7) is 12.4. The summed E-state index contributed by atoms with van der Waals surface area (Å²) in [6, 6.07) is 21.1. The summed E-state index contributed by atoms with van der Waals surface area (Å²) >= 11 is 0. The first kappa shape index (κ1) is 23.3. The molecule has 4 nitrogen and oxygen atoms in total. The smallest absolute Gasteiger partial charge is 0.408 e. The van der Waals surface area contributed by atoms with E-state index in [1.807, 2.05) is 39.0 Å². The molecule has 1 aliphatic carbocycles. The van der Waals surface area contributed by atoms with Crippen molar-refractivity contribution in [2.24, 2.45) is 0 Å². The predicted octanol–water partition coefficient (Wildman–Crippen LogP) is 4.78. The Balaban J connectivity index is 1.88. The molecule has 0 heterocycles. The monoisotopic (exact) mass is 437 g/mol. The molecule has 0 spiro atoms. The fraction of sp³-hybridized carbons (Fsp3) is 0.423. The van der Waals surface area contributed by atoms with Gasteiger partial charge in [0.15, 0.2) is 0 Å². The predicted molar refractivity (Wildman–Crippen MR) is 129 cm³/mol. The molecule has 31 heavy (non-hydrogen) atoms. The lowest BCUT2D eigenvalue weighted by molar-refractivity contribution is 0.0509. The van der Waals surface area contributed by atoms with Crippen LogP contribution in [-0.4, -0.2) is 32.2 Å². The van der Waals surface area contributed by atoms with Crippen LogP contribution in [0.5, 0.6) is 0 Å². The van der Waals surface area contributed by atoms with Crippen molar-refractivity contribution >= 4 is 24.8 Å². The molecule has 0 saturated carbocycles. The zero-order valence-corrected chi connectivity index (χ0v) is 20.5. The Morgan fingerprint density at radius 2 is 1.39 bits per heavy atom. The number of hydrogen-bond donors (Lipinski definition) is 1. The fourth-order valence-electron chi connectivity index (χ4n) is 4.24. The highest BCUT2D eigenvalue weighted by atomic mass is 28.4. The minimum atomic E-state index is -2.62. The molecule has 1 aliphatic rings. The standard InChI is InChI=1S/C26H35NO3Si/c1-25(2,3)29-24(28)27-20-17-18-21(19-20)30-31(26(4,5)6,22-13-9-7-10-14-22)23-15-11-8-12-16-23/h7-18,20-21H,19H2,1-6H3,(H,27,28)/t20-,21+/m0/s1. The molecule has 0 aromatic heterocycles. The molecule has 1 N–H and O–H groups in total. The zero-order valence-electron chi connectivity index (χ0n) is 19.5. The molecule has 1 amide bonds. The Hall–Kier alpha value is -2.37. The van der Waals surface area contributed by atoms with Crippen LogP contribution in [0.2, 0.25) is 5.04 Å². The highest BCUT2D eigenvalue weighted by Gasteiger charge is 2.51. The van der Waals surface area contributed by atoms with Gasteiger partial charge in [-0.2, -0.15) is 0 Å². The fourth-order valence-corrected chi connectivity index (χ4v) is 8.88. The van der Waals surface area contributed by atoms with Crippen molar-refractivity contribution in [1.82, 2.24) is 5.32 Å². The number of carbonyl (C=O) groups excluding carboxylic acids is 1. The van der Waals surface area contributed by atoms with Crippen molar-refractivity contribution in [1.29, 1.82) is 0 Å². The van der Waals surface area contributed by atoms with Crippen molar-refractivity contribution in [3.05, 3.63) is 72.8 Å². The summed E-state index contributed by atoms with van der Waals surface area (Å²) in [6.07, 6.45) is 4.33. The Morgan fingerprint density at radius 3 is 1.84 bits per heavy atom. The van der Waals surface area contributed by atoms with Gasteiger partial charge >= 0.3 is 6.09 Å². The van der Waals surface area contributed by atoms with Crippen molar-refractivity contribution in [2.75, 3.05) is 0 Å². The third kappa shape index (κ3) is 5.46. The topological polar surface area (TPSA) is 47.6 Å². The summed E-state index contributed by atoms with van der Waals surface area (Å²) in [7, 11) is -2.62. The van der Waals surface area contributed by atoms with Gasteiger partial charge in [-0.1, -0.05) is 93.6 Å². The van der Waals surface area contributed by atoms with Crippen LogP contribution in [0, 0.1) is 0 Å². The van der Waals surface area contributed by atoms with E-state index in [0.29, 0.717) is 6.42 Å². The second-order valence-electron chi connectivity index (χ2n) is 10.2.